The highest BCUT2D eigenvalue weighted by atomic mass is 32.2. The third kappa shape index (κ3) is 4.36. The standard InChI is InChI=1S/C24H24N4O3S/c1-3-28(20-9-5-4-6-10-20)32(30,31)22-12-8-7-11-21(22)26-24(29)16-19-17-27-14-13-18(2)15-23(27)25-19/h4-15,17H,3,16H2,1-2H3,(H,26,29). The minimum Gasteiger partial charge on any atom is -0.325 e. The summed E-state index contributed by atoms with van der Waals surface area (Å²) in [7, 11) is -3.88. The summed E-state index contributed by atoms with van der Waals surface area (Å²) in [6.07, 6.45) is 3.72. The largest absolute Gasteiger partial charge is 0.325 e. The first kappa shape index (κ1) is 21.6. The summed E-state index contributed by atoms with van der Waals surface area (Å²) < 4.78 is 30.0. The van der Waals surface area contributed by atoms with Crippen molar-refractivity contribution in [2.75, 3.05) is 16.2 Å². The van der Waals surface area contributed by atoms with Crippen molar-refractivity contribution >= 4 is 33.0 Å². The Morgan fingerprint density at radius 3 is 2.53 bits per heavy atom. The second-order valence-corrected chi connectivity index (χ2v) is 9.26. The number of nitrogens with zero attached hydrogens (tertiary/aromatic N) is 3. The monoisotopic (exact) mass is 448 g/mol. The topological polar surface area (TPSA) is 83.8 Å². The van der Waals surface area contributed by atoms with E-state index >= 15 is 0 Å². The molecule has 164 valence electrons. The normalized spacial score (nSPS) is 11.4. The van der Waals surface area contributed by atoms with Gasteiger partial charge in [-0.2, -0.15) is 0 Å². The van der Waals surface area contributed by atoms with Crippen LogP contribution in [0.2, 0.25) is 0 Å². The number of anilines is 2. The van der Waals surface area contributed by atoms with Gasteiger partial charge >= 0.3 is 0 Å². The number of carbonyl (C=O) groups is 1. The molecule has 0 atom stereocenters. The second-order valence-electron chi connectivity index (χ2n) is 7.43. The van der Waals surface area contributed by atoms with Gasteiger partial charge in [-0.15, -0.1) is 0 Å². The first-order chi connectivity index (χ1) is 15.4. The maximum absolute atomic E-state index is 13.4. The Balaban J connectivity index is 1.59. The van der Waals surface area contributed by atoms with E-state index in [2.05, 4.69) is 10.3 Å². The van der Waals surface area contributed by atoms with Crippen LogP contribution in [0.3, 0.4) is 0 Å². The summed E-state index contributed by atoms with van der Waals surface area (Å²) in [6, 6.07) is 19.2. The van der Waals surface area contributed by atoms with Gasteiger partial charge in [0.05, 0.1) is 23.5 Å². The molecule has 2 aromatic carbocycles. The lowest BCUT2D eigenvalue weighted by atomic mass is 10.3. The molecule has 1 N–H and O–H groups in total. The van der Waals surface area contributed by atoms with Crippen LogP contribution < -0.4 is 9.62 Å². The summed E-state index contributed by atoms with van der Waals surface area (Å²) in [5, 5.41) is 2.76. The molecule has 4 rings (SSSR count). The van der Waals surface area contributed by atoms with Gasteiger partial charge < -0.3 is 9.72 Å². The molecular weight excluding hydrogens is 424 g/mol. The van der Waals surface area contributed by atoms with Crippen molar-refractivity contribution in [1.82, 2.24) is 9.38 Å². The fourth-order valence-electron chi connectivity index (χ4n) is 3.58. The number of sulfonamides is 1. The molecule has 0 aliphatic heterocycles. The predicted octanol–water partition coefficient (Wildman–Crippen LogP) is 4.04. The summed E-state index contributed by atoms with van der Waals surface area (Å²) in [5.41, 5.74) is 3.25. The summed E-state index contributed by atoms with van der Waals surface area (Å²) in [5.74, 6) is -0.337. The SMILES string of the molecule is CCN(c1ccccc1)S(=O)(=O)c1ccccc1NC(=O)Cc1cn2ccc(C)cc2n1. The van der Waals surface area contributed by atoms with Gasteiger partial charge in [0, 0.05) is 18.9 Å². The Morgan fingerprint density at radius 2 is 1.78 bits per heavy atom. The van der Waals surface area contributed by atoms with Crippen molar-refractivity contribution in [3.8, 4) is 0 Å². The van der Waals surface area contributed by atoms with Gasteiger partial charge in [0.15, 0.2) is 0 Å². The lowest BCUT2D eigenvalue weighted by molar-refractivity contribution is -0.115. The van der Waals surface area contributed by atoms with Crippen molar-refractivity contribution in [1.29, 1.82) is 0 Å². The van der Waals surface area contributed by atoms with E-state index in [1.54, 1.807) is 55.6 Å². The van der Waals surface area contributed by atoms with Crippen LogP contribution in [0.25, 0.3) is 5.65 Å². The number of amides is 1. The van der Waals surface area contributed by atoms with Crippen LogP contribution in [0.15, 0.2) is 84.0 Å². The molecule has 4 aromatic rings. The van der Waals surface area contributed by atoms with Gasteiger partial charge in [0.2, 0.25) is 5.91 Å². The van der Waals surface area contributed by atoms with Crippen LogP contribution in [0, 0.1) is 6.92 Å². The molecule has 0 saturated carbocycles. The van der Waals surface area contributed by atoms with Crippen LogP contribution in [-0.4, -0.2) is 30.3 Å². The number of para-hydroxylation sites is 2. The number of rotatable bonds is 7. The lowest BCUT2D eigenvalue weighted by Gasteiger charge is -2.24. The molecule has 0 aliphatic rings. The van der Waals surface area contributed by atoms with E-state index in [9.17, 15) is 13.2 Å². The van der Waals surface area contributed by atoms with Crippen molar-refractivity contribution in [2.24, 2.45) is 0 Å². The minimum atomic E-state index is -3.88. The quantitative estimate of drug-likeness (QED) is 0.463. The van der Waals surface area contributed by atoms with Gasteiger partial charge in [0.1, 0.15) is 10.5 Å². The molecule has 7 nitrogen and oxygen atoms in total. The predicted molar refractivity (Wildman–Crippen MR) is 125 cm³/mol. The molecule has 0 fully saturated rings. The van der Waals surface area contributed by atoms with Crippen LogP contribution in [0.1, 0.15) is 18.2 Å². The fourth-order valence-corrected chi connectivity index (χ4v) is 5.20. The van der Waals surface area contributed by atoms with Crippen molar-refractivity contribution in [2.45, 2.75) is 25.2 Å². The molecule has 0 spiro atoms. The molecule has 32 heavy (non-hydrogen) atoms. The molecule has 0 radical (unpaired) electrons. The number of aromatic nitrogens is 2. The molecule has 0 unspecified atom stereocenters. The smallest absolute Gasteiger partial charge is 0.266 e. The van der Waals surface area contributed by atoms with Crippen molar-refractivity contribution in [3.63, 3.8) is 0 Å². The van der Waals surface area contributed by atoms with E-state index in [4.69, 9.17) is 0 Å². The van der Waals surface area contributed by atoms with E-state index in [1.807, 2.05) is 35.7 Å². The van der Waals surface area contributed by atoms with Gasteiger partial charge in [-0.05, 0) is 55.8 Å². The number of hydrogen-bond donors (Lipinski definition) is 1. The Labute approximate surface area is 187 Å². The molecule has 0 saturated heterocycles. The molecule has 8 heteroatoms. The number of benzene rings is 2. The fraction of sp³-hybridized carbons (Fsp3) is 0.167. The number of nitrogens with one attached hydrogen (secondary N) is 1. The van der Waals surface area contributed by atoms with Gasteiger partial charge in [-0.1, -0.05) is 30.3 Å². The summed E-state index contributed by atoms with van der Waals surface area (Å²) in [6.45, 7) is 4.01. The van der Waals surface area contributed by atoms with Gasteiger partial charge in [-0.3, -0.25) is 9.10 Å². The zero-order valence-corrected chi connectivity index (χ0v) is 18.7. The highest BCUT2D eigenvalue weighted by Gasteiger charge is 2.26. The molecule has 0 aliphatic carbocycles. The van der Waals surface area contributed by atoms with E-state index in [0.717, 1.165) is 11.2 Å². The summed E-state index contributed by atoms with van der Waals surface area (Å²) in [4.78, 5) is 17.3. The Kier molecular flexibility index (Phi) is 5.96. The zero-order chi connectivity index (χ0) is 22.7. The Bertz CT molecular complexity index is 1360. The highest BCUT2D eigenvalue weighted by molar-refractivity contribution is 7.93. The van der Waals surface area contributed by atoms with Crippen LogP contribution in [0.5, 0.6) is 0 Å². The summed E-state index contributed by atoms with van der Waals surface area (Å²) >= 11 is 0. The molecule has 1 amide bonds. The third-order valence-corrected chi connectivity index (χ3v) is 7.03. The first-order valence-corrected chi connectivity index (χ1v) is 11.7. The molecule has 2 heterocycles. The minimum absolute atomic E-state index is 0.0330. The molecule has 0 bridgehead atoms. The third-order valence-electron chi connectivity index (χ3n) is 5.07. The van der Waals surface area contributed by atoms with Gasteiger partial charge in [0.25, 0.3) is 10.0 Å². The number of hydrogen-bond acceptors (Lipinski definition) is 4. The van der Waals surface area contributed by atoms with Crippen molar-refractivity contribution in [3.05, 3.63) is 90.4 Å². The average molecular weight is 449 g/mol. The van der Waals surface area contributed by atoms with Crippen molar-refractivity contribution < 1.29 is 13.2 Å². The Hall–Kier alpha value is -3.65. The number of pyridine rings is 1. The Morgan fingerprint density at radius 1 is 1.06 bits per heavy atom. The molecule has 2 aromatic heterocycles. The number of carbonyl (C=O) groups excluding carboxylic acids is 1. The molecular formula is C24H24N4O3S. The number of aryl methyl sites for hydroxylation is 1. The van der Waals surface area contributed by atoms with E-state index < -0.39 is 10.0 Å². The van der Waals surface area contributed by atoms with E-state index in [0.29, 0.717) is 11.4 Å². The van der Waals surface area contributed by atoms with E-state index in [-0.39, 0.29) is 29.5 Å². The van der Waals surface area contributed by atoms with Gasteiger partial charge in [-0.25, -0.2) is 13.4 Å². The highest BCUT2D eigenvalue weighted by Crippen LogP contribution is 2.28. The average Bonchev–Trinajstić information content (AvgIpc) is 3.16. The van der Waals surface area contributed by atoms with Crippen LogP contribution >= 0.6 is 0 Å². The van der Waals surface area contributed by atoms with Crippen LogP contribution in [0.4, 0.5) is 11.4 Å². The first-order valence-electron chi connectivity index (χ1n) is 10.3. The maximum Gasteiger partial charge on any atom is 0.266 e. The number of fused-ring (bicyclic) bond motifs is 1. The maximum atomic E-state index is 13.4. The second kappa shape index (κ2) is 8.84. The number of imidazole rings is 1. The zero-order valence-electron chi connectivity index (χ0n) is 17.9. The van der Waals surface area contributed by atoms with E-state index in [1.165, 1.54) is 10.4 Å². The lowest BCUT2D eigenvalue weighted by Crippen LogP contribution is -2.31. The van der Waals surface area contributed by atoms with Crippen LogP contribution in [-0.2, 0) is 21.2 Å².